The molecular weight excluding hydrogens is 1210 g/mol. The van der Waals surface area contributed by atoms with Gasteiger partial charge in [-0.15, -0.1) is 0 Å². The summed E-state index contributed by atoms with van der Waals surface area (Å²) in [7, 11) is 0. The second kappa shape index (κ2) is 22.7. The number of rotatable bonds is 14. The molecular formula is C72H42N4O14S2. The minimum atomic E-state index is -2.98. The molecule has 0 saturated heterocycles. The van der Waals surface area contributed by atoms with Crippen LogP contribution in [0.4, 0.5) is 10.3 Å². The topological polar surface area (TPSA) is 242 Å². The van der Waals surface area contributed by atoms with Gasteiger partial charge in [0.1, 0.15) is 36.2 Å². The summed E-state index contributed by atoms with van der Waals surface area (Å²) in [6.45, 7) is -1.57. The highest BCUT2D eigenvalue weighted by Crippen LogP contribution is 2.57. The van der Waals surface area contributed by atoms with Crippen LogP contribution in [0.5, 0.6) is 11.8 Å². The second-order valence-corrected chi connectivity index (χ2v) is 23.7. The third-order valence-electron chi connectivity index (χ3n) is 16.1. The molecule has 0 aliphatic carbocycles. The quantitative estimate of drug-likeness (QED) is 0.0558. The normalized spacial score (nSPS) is 13.2. The first-order valence-corrected chi connectivity index (χ1v) is 30.3. The van der Waals surface area contributed by atoms with Crippen LogP contribution in [0, 0.1) is 0 Å². The van der Waals surface area contributed by atoms with Crippen molar-refractivity contribution in [2.45, 2.75) is 37.6 Å². The fraction of sp³-hybridized carbons (Fsp3) is 0.0833. The summed E-state index contributed by atoms with van der Waals surface area (Å²) in [5, 5.41) is 1.88. The number of hydrogen-bond donors (Lipinski definition) is 0. The lowest BCUT2D eigenvalue weighted by Crippen LogP contribution is -2.54. The Balaban J connectivity index is 0.989. The van der Waals surface area contributed by atoms with E-state index >= 15 is 19.2 Å². The number of nitrogens with zero attached hydrogens (tertiary/aromatic N) is 4. The van der Waals surface area contributed by atoms with E-state index in [2.05, 4.69) is 20.0 Å². The first-order valence-electron chi connectivity index (χ1n) is 28.7. The van der Waals surface area contributed by atoms with Gasteiger partial charge in [0.15, 0.2) is 10.7 Å². The molecule has 11 aromatic carbocycles. The molecule has 0 fully saturated rings. The Labute approximate surface area is 526 Å². The number of esters is 4. The van der Waals surface area contributed by atoms with E-state index in [4.69, 9.17) is 28.4 Å². The molecule has 20 heteroatoms. The van der Waals surface area contributed by atoms with Crippen molar-refractivity contribution in [3.63, 3.8) is 0 Å². The Hall–Kier alpha value is -11.7. The van der Waals surface area contributed by atoms with Gasteiger partial charge in [0.05, 0.1) is 0 Å². The molecule has 4 heterocycles. The molecule has 18 nitrogen and oxygen atoms in total. The lowest BCUT2D eigenvalue weighted by molar-refractivity contribution is -0.185. The molecule has 0 radical (unpaired) electrons. The van der Waals surface area contributed by atoms with Crippen molar-refractivity contribution in [2.24, 2.45) is 9.98 Å². The zero-order chi connectivity index (χ0) is 62.8. The van der Waals surface area contributed by atoms with Crippen molar-refractivity contribution in [1.29, 1.82) is 0 Å². The average molecular weight is 1250 g/mol. The fourth-order valence-electron chi connectivity index (χ4n) is 11.5. The summed E-state index contributed by atoms with van der Waals surface area (Å²) in [6.07, 6.45) is 0. The predicted molar refractivity (Wildman–Crippen MR) is 341 cm³/mol. The zero-order valence-corrected chi connectivity index (χ0v) is 49.4. The minimum Gasteiger partial charge on any atom is -0.457 e. The fourth-order valence-corrected chi connectivity index (χ4v) is 13.3. The maximum Gasteiger partial charge on any atom is 0.367 e. The minimum absolute atomic E-state index is 0.0162. The van der Waals surface area contributed by atoms with Gasteiger partial charge in [-0.1, -0.05) is 193 Å². The van der Waals surface area contributed by atoms with Crippen LogP contribution >= 0.6 is 22.7 Å². The molecule has 2 aromatic heterocycles. The third-order valence-corrected chi connectivity index (χ3v) is 18.0. The summed E-state index contributed by atoms with van der Waals surface area (Å²) in [4.78, 5) is 138. The highest BCUT2D eigenvalue weighted by atomic mass is 32.1. The molecule has 0 bridgehead atoms. The number of carbonyl (C=O) groups is 4. The molecule has 0 N–H and O–H groups in total. The number of ether oxygens (including phenoxy) is 6. The van der Waals surface area contributed by atoms with Gasteiger partial charge < -0.3 is 28.4 Å². The van der Waals surface area contributed by atoms with E-state index in [1.165, 1.54) is 12.1 Å². The predicted octanol–water partition coefficient (Wildman–Crippen LogP) is 10.4. The van der Waals surface area contributed by atoms with Gasteiger partial charge in [-0.2, -0.15) is 9.97 Å². The first kappa shape index (κ1) is 56.7. The van der Waals surface area contributed by atoms with Gasteiger partial charge in [-0.25, -0.2) is 29.2 Å². The van der Waals surface area contributed by atoms with Crippen LogP contribution in [-0.2, 0) is 75.8 Å². The monoisotopic (exact) mass is 1250 g/mol. The SMILES string of the molecule is O=C(OCc1ccccc1)C1(C(=O)OCc2ccccc2)Oc2nc(N=c3c(=O)c4cc5ccccc5cc4c3=O)sc2-c2cc3c(cc21)-c1sc(N=c2c(=O)c4cc5ccccc5cc4c2=O)nc1OC3(C(=O)OCc1ccccc1)C(=O)OCc1ccccc1. The smallest absolute Gasteiger partial charge is 0.367 e. The molecule has 92 heavy (non-hydrogen) atoms. The number of thiazole rings is 2. The molecule has 2 aliphatic heterocycles. The number of hydrogen-bond acceptors (Lipinski definition) is 20. The Kier molecular flexibility index (Phi) is 14.0. The Morgan fingerprint density at radius 2 is 0.630 bits per heavy atom. The van der Waals surface area contributed by atoms with Crippen LogP contribution in [0.25, 0.3) is 64.0 Å². The molecule has 0 saturated carbocycles. The van der Waals surface area contributed by atoms with Crippen LogP contribution in [-0.4, -0.2) is 33.8 Å². The molecule has 0 amide bonds. The van der Waals surface area contributed by atoms with Crippen molar-refractivity contribution >= 4 is 99.9 Å². The van der Waals surface area contributed by atoms with Gasteiger partial charge in [-0.3, -0.25) is 19.2 Å². The molecule has 0 unspecified atom stereocenters. The first-order chi connectivity index (χ1) is 44.8. The largest absolute Gasteiger partial charge is 0.457 e. The van der Waals surface area contributed by atoms with E-state index in [0.29, 0.717) is 43.8 Å². The summed E-state index contributed by atoms with van der Waals surface area (Å²) in [6, 6.07) is 58.0. The highest BCUT2D eigenvalue weighted by molar-refractivity contribution is 7.19. The van der Waals surface area contributed by atoms with Crippen molar-refractivity contribution < 1.29 is 47.6 Å². The van der Waals surface area contributed by atoms with Crippen LogP contribution in [0.3, 0.4) is 0 Å². The van der Waals surface area contributed by atoms with Gasteiger partial charge in [0, 0.05) is 43.8 Å². The molecule has 13 aromatic rings. The molecule has 446 valence electrons. The number of benzene rings is 9. The maximum atomic E-state index is 15.7. The lowest BCUT2D eigenvalue weighted by atomic mass is 9.79. The average Bonchev–Trinajstić information content (AvgIpc) is 1.69. The van der Waals surface area contributed by atoms with Crippen LogP contribution in [0.1, 0.15) is 33.4 Å². The lowest BCUT2D eigenvalue weighted by Gasteiger charge is -2.38. The van der Waals surface area contributed by atoms with Crippen molar-refractivity contribution in [3.8, 4) is 32.6 Å². The Morgan fingerprint density at radius 1 is 0.370 bits per heavy atom. The van der Waals surface area contributed by atoms with Crippen molar-refractivity contribution in [2.75, 3.05) is 0 Å². The van der Waals surface area contributed by atoms with Crippen molar-refractivity contribution in [3.05, 3.63) is 291 Å². The third kappa shape index (κ3) is 9.63. The second-order valence-electron chi connectivity index (χ2n) is 21.7. The Morgan fingerprint density at radius 3 is 0.902 bits per heavy atom. The van der Waals surface area contributed by atoms with E-state index in [-0.39, 0.29) is 63.8 Å². The summed E-state index contributed by atoms with van der Waals surface area (Å²) < 4.78 is 37.8. The molecule has 0 spiro atoms. The van der Waals surface area contributed by atoms with E-state index in [0.717, 1.165) is 22.7 Å². The molecule has 2 aliphatic rings. The van der Waals surface area contributed by atoms with E-state index < -0.39 is 106 Å². The molecule has 0 atom stereocenters. The zero-order valence-electron chi connectivity index (χ0n) is 47.8. The summed E-state index contributed by atoms with van der Waals surface area (Å²) in [5.74, 6) is -6.09. The van der Waals surface area contributed by atoms with Crippen LogP contribution in [0.15, 0.2) is 235 Å². The van der Waals surface area contributed by atoms with Gasteiger partial charge in [-0.05, 0) is 80.2 Å². The van der Waals surface area contributed by atoms with Crippen LogP contribution < -0.4 is 41.9 Å². The number of fused-ring (bicyclic) bond motifs is 10. The highest BCUT2D eigenvalue weighted by Gasteiger charge is 2.63. The van der Waals surface area contributed by atoms with Gasteiger partial charge in [0.25, 0.3) is 0 Å². The van der Waals surface area contributed by atoms with Gasteiger partial charge in [0.2, 0.25) is 43.7 Å². The Bertz CT molecular complexity index is 4970. The van der Waals surface area contributed by atoms with Gasteiger partial charge >= 0.3 is 35.1 Å². The molecule has 15 rings (SSSR count). The standard InChI is InChI=1S/C72H42N4O14S2/c77-57-47-29-43-25-13-14-26-44(43)30-48(47)58(78)55(57)73-69-75-63-61(91-69)51-34-54-52(33-53(51)71(89-63,65(81)85-35-39-17-5-1-6-18-39)66(82)86-36-40-19-7-2-8-20-40)62-64(76-70(92-62)74-56-59(79)49-31-45-27-15-16-28-46(45)32-50(49)60(56)80)90-72(54,67(83)87-37-41-21-9-3-10-22-41)68(84)88-38-42-23-11-4-12-24-42/h1-34H,35-38H2. The maximum absolute atomic E-state index is 15.7. The van der Waals surface area contributed by atoms with E-state index in [9.17, 15) is 19.2 Å². The van der Waals surface area contributed by atoms with Crippen LogP contribution in [0.2, 0.25) is 0 Å². The summed E-state index contributed by atoms with van der Waals surface area (Å²) in [5.41, 5.74) is -7.37. The number of carbonyl (C=O) groups excluding carboxylic acids is 4. The summed E-state index contributed by atoms with van der Waals surface area (Å²) >= 11 is 1.57. The van der Waals surface area contributed by atoms with E-state index in [1.807, 2.05) is 24.3 Å². The van der Waals surface area contributed by atoms with E-state index in [1.54, 1.807) is 170 Å². The number of aromatic nitrogens is 2. The van der Waals surface area contributed by atoms with Crippen molar-refractivity contribution in [1.82, 2.24) is 9.97 Å².